The summed E-state index contributed by atoms with van der Waals surface area (Å²) in [6.07, 6.45) is 0.535. The van der Waals surface area contributed by atoms with Crippen molar-refractivity contribution in [3.05, 3.63) is 0 Å². The number of nitrogens with zero attached hydrogens (tertiary/aromatic N) is 3. The van der Waals surface area contributed by atoms with Crippen molar-refractivity contribution in [2.24, 2.45) is 0 Å². The smallest absolute Gasteiger partial charge is 0.248 e. The molecule has 0 aliphatic carbocycles. The molecule has 7 nitrogen and oxygen atoms in total. The quantitative estimate of drug-likeness (QED) is 0.705. The molecule has 0 aliphatic rings. The molecule has 0 fully saturated rings. The highest BCUT2D eigenvalue weighted by molar-refractivity contribution is 7.93. The molecule has 0 radical (unpaired) electrons. The van der Waals surface area contributed by atoms with E-state index in [1.54, 1.807) is 13.8 Å². The lowest BCUT2D eigenvalue weighted by Crippen LogP contribution is -2.25. The molecule has 2 N–H and O–H groups in total. The van der Waals surface area contributed by atoms with E-state index in [1.807, 2.05) is 0 Å². The Morgan fingerprint density at radius 3 is 2.77 bits per heavy atom. The van der Waals surface area contributed by atoms with Crippen LogP contribution in [-0.4, -0.2) is 34.3 Å². The van der Waals surface area contributed by atoms with E-state index in [4.69, 9.17) is 0 Å². The first-order valence-corrected chi connectivity index (χ1v) is 5.36. The number of H-pyrrole nitrogens is 1. The third-order valence-electron chi connectivity index (χ3n) is 1.68. The van der Waals surface area contributed by atoms with Gasteiger partial charge >= 0.3 is 0 Å². The second-order valence-corrected chi connectivity index (χ2v) is 4.70. The first kappa shape index (κ1) is 9.90. The molecule has 1 atom stereocenters. The molecule has 0 saturated heterocycles. The summed E-state index contributed by atoms with van der Waals surface area (Å²) in [7, 11) is -3.37. The van der Waals surface area contributed by atoms with E-state index < -0.39 is 15.3 Å². The van der Waals surface area contributed by atoms with E-state index in [2.05, 4.69) is 25.3 Å². The predicted octanol–water partition coefficient (Wildman–Crippen LogP) is -0.260. The molecule has 13 heavy (non-hydrogen) atoms. The van der Waals surface area contributed by atoms with Crippen molar-refractivity contribution in [1.29, 1.82) is 0 Å². The summed E-state index contributed by atoms with van der Waals surface area (Å²) < 4.78 is 25.0. The van der Waals surface area contributed by atoms with Gasteiger partial charge in [-0.2, -0.15) is 5.21 Å². The van der Waals surface area contributed by atoms with Gasteiger partial charge in [0.2, 0.25) is 10.0 Å². The van der Waals surface area contributed by atoms with Crippen LogP contribution in [0.25, 0.3) is 0 Å². The van der Waals surface area contributed by atoms with Gasteiger partial charge in [-0.3, -0.25) is 0 Å². The Labute approximate surface area is 76.0 Å². The first-order valence-electron chi connectivity index (χ1n) is 3.81. The van der Waals surface area contributed by atoms with Gasteiger partial charge in [-0.1, -0.05) is 12.0 Å². The molecular formula is C5H11N5O2S. The van der Waals surface area contributed by atoms with Gasteiger partial charge < -0.3 is 0 Å². The normalized spacial score (nSPS) is 14.0. The fourth-order valence-corrected chi connectivity index (χ4v) is 1.63. The monoisotopic (exact) mass is 205 g/mol. The summed E-state index contributed by atoms with van der Waals surface area (Å²) in [6, 6.07) is 0. The molecule has 1 aromatic rings. The van der Waals surface area contributed by atoms with E-state index >= 15 is 0 Å². The maximum atomic E-state index is 11.4. The predicted molar refractivity (Wildman–Crippen MR) is 46.5 cm³/mol. The highest BCUT2D eigenvalue weighted by Crippen LogP contribution is 2.07. The Morgan fingerprint density at radius 1 is 1.62 bits per heavy atom. The fraction of sp³-hybridized carbons (Fsp3) is 0.800. The van der Waals surface area contributed by atoms with E-state index in [-0.39, 0.29) is 5.95 Å². The van der Waals surface area contributed by atoms with Crippen LogP contribution in [0.1, 0.15) is 20.3 Å². The van der Waals surface area contributed by atoms with Gasteiger partial charge in [0, 0.05) is 0 Å². The second-order valence-electron chi connectivity index (χ2n) is 2.60. The summed E-state index contributed by atoms with van der Waals surface area (Å²) in [6.45, 7) is 3.41. The summed E-state index contributed by atoms with van der Waals surface area (Å²) in [5, 5.41) is 11.9. The lowest BCUT2D eigenvalue weighted by molar-refractivity contribution is 0.586. The van der Waals surface area contributed by atoms with Crippen LogP contribution in [0.2, 0.25) is 0 Å². The number of aromatic nitrogens is 4. The highest BCUT2D eigenvalue weighted by Gasteiger charge is 2.19. The molecule has 0 aliphatic heterocycles. The van der Waals surface area contributed by atoms with E-state index in [0.29, 0.717) is 6.42 Å². The molecule has 0 amide bonds. The lowest BCUT2D eigenvalue weighted by atomic mass is 10.4. The number of hydrogen-bond donors (Lipinski definition) is 2. The average Bonchev–Trinajstić information content (AvgIpc) is 2.54. The van der Waals surface area contributed by atoms with Gasteiger partial charge in [0.1, 0.15) is 0 Å². The molecule has 1 aromatic heterocycles. The Bertz CT molecular complexity index is 345. The van der Waals surface area contributed by atoms with Gasteiger partial charge in [0.15, 0.2) is 0 Å². The molecule has 74 valence electrons. The van der Waals surface area contributed by atoms with Gasteiger partial charge in [-0.15, -0.1) is 5.10 Å². The lowest BCUT2D eigenvalue weighted by Gasteiger charge is -2.09. The number of sulfonamides is 1. The SMILES string of the molecule is CCC(C)S(=O)(=O)Nc1nn[nH]n1. The van der Waals surface area contributed by atoms with Crippen molar-refractivity contribution in [3.8, 4) is 0 Å². The molecule has 0 bridgehead atoms. The van der Waals surface area contributed by atoms with Gasteiger partial charge in [-0.05, 0) is 18.6 Å². The van der Waals surface area contributed by atoms with E-state index in [0.717, 1.165) is 0 Å². The topological polar surface area (TPSA) is 101 Å². The number of rotatable bonds is 4. The van der Waals surface area contributed by atoms with Crippen LogP contribution >= 0.6 is 0 Å². The zero-order valence-electron chi connectivity index (χ0n) is 7.35. The molecule has 8 heteroatoms. The number of aromatic amines is 1. The molecule has 1 unspecified atom stereocenters. The van der Waals surface area contributed by atoms with E-state index in [9.17, 15) is 8.42 Å². The first-order chi connectivity index (χ1) is 6.06. The summed E-state index contributed by atoms with van der Waals surface area (Å²) in [5.41, 5.74) is 0. The molecule has 0 spiro atoms. The third-order valence-corrected chi connectivity index (χ3v) is 3.54. The Kier molecular flexibility index (Phi) is 2.81. The van der Waals surface area contributed by atoms with Gasteiger partial charge in [-0.25, -0.2) is 13.1 Å². The number of tetrazole rings is 1. The third kappa shape index (κ3) is 2.38. The minimum atomic E-state index is -3.37. The highest BCUT2D eigenvalue weighted by atomic mass is 32.2. The van der Waals surface area contributed by atoms with Crippen molar-refractivity contribution in [2.45, 2.75) is 25.5 Å². The zero-order valence-corrected chi connectivity index (χ0v) is 8.17. The number of nitrogens with one attached hydrogen (secondary N) is 2. The molecule has 0 saturated carbocycles. The number of hydrogen-bond acceptors (Lipinski definition) is 5. The van der Waals surface area contributed by atoms with Crippen LogP contribution in [0.3, 0.4) is 0 Å². The minimum Gasteiger partial charge on any atom is -0.248 e. The average molecular weight is 205 g/mol. The van der Waals surface area contributed by atoms with Crippen LogP contribution in [-0.2, 0) is 10.0 Å². The Hall–Kier alpha value is -1.18. The summed E-state index contributed by atoms with van der Waals surface area (Å²) in [5.74, 6) is -0.0275. The van der Waals surface area contributed by atoms with Crippen molar-refractivity contribution in [1.82, 2.24) is 20.6 Å². The van der Waals surface area contributed by atoms with Crippen LogP contribution < -0.4 is 4.72 Å². The minimum absolute atomic E-state index is 0.0275. The standard InChI is InChI=1S/C5H11N5O2S/c1-3-4(2)13(11,12)8-5-6-9-10-7-5/h4H,3H2,1-2H3,(H2,6,7,8,9,10). The molecule has 1 rings (SSSR count). The molecule has 1 heterocycles. The van der Waals surface area contributed by atoms with Crippen LogP contribution in [0, 0.1) is 0 Å². The Morgan fingerprint density at radius 2 is 2.31 bits per heavy atom. The zero-order chi connectivity index (χ0) is 9.90. The maximum Gasteiger partial charge on any atom is 0.276 e. The number of anilines is 1. The maximum absolute atomic E-state index is 11.4. The fourth-order valence-electron chi connectivity index (χ4n) is 0.652. The van der Waals surface area contributed by atoms with Crippen molar-refractivity contribution >= 4 is 16.0 Å². The Balaban J connectivity index is 2.74. The summed E-state index contributed by atoms with van der Waals surface area (Å²) in [4.78, 5) is 0. The summed E-state index contributed by atoms with van der Waals surface area (Å²) >= 11 is 0. The molecular weight excluding hydrogens is 194 g/mol. The van der Waals surface area contributed by atoms with Gasteiger partial charge in [0.05, 0.1) is 5.25 Å². The van der Waals surface area contributed by atoms with Crippen LogP contribution in [0.4, 0.5) is 5.95 Å². The molecule has 0 aromatic carbocycles. The van der Waals surface area contributed by atoms with Crippen LogP contribution in [0.5, 0.6) is 0 Å². The van der Waals surface area contributed by atoms with Gasteiger partial charge in [0.25, 0.3) is 5.95 Å². The van der Waals surface area contributed by atoms with Crippen molar-refractivity contribution in [3.63, 3.8) is 0 Å². The van der Waals surface area contributed by atoms with Crippen LogP contribution in [0.15, 0.2) is 0 Å². The van der Waals surface area contributed by atoms with Crippen molar-refractivity contribution < 1.29 is 8.42 Å². The largest absolute Gasteiger partial charge is 0.276 e. The van der Waals surface area contributed by atoms with E-state index in [1.165, 1.54) is 0 Å². The second kappa shape index (κ2) is 3.69. The van der Waals surface area contributed by atoms with Crippen molar-refractivity contribution in [2.75, 3.05) is 4.72 Å².